The average Bonchev–Trinajstić information content (AvgIpc) is 3.48. The number of benzene rings is 2. The number of rotatable bonds is 8. The number of alkyl halides is 1. The highest BCUT2D eigenvalue weighted by Gasteiger charge is 2.76. The molecule has 3 aliphatic heterocycles. The second-order valence-electron chi connectivity index (χ2n) is 10.3. The molecule has 1 spiro atoms. The quantitative estimate of drug-likeness (QED) is 0.350. The van der Waals surface area contributed by atoms with Gasteiger partial charge in [0.2, 0.25) is 5.91 Å². The Morgan fingerprint density at radius 1 is 1.21 bits per heavy atom. The molecule has 3 aliphatic rings. The van der Waals surface area contributed by atoms with Gasteiger partial charge in [0.15, 0.2) is 0 Å². The Hall–Kier alpha value is -2.62. The van der Waals surface area contributed by atoms with E-state index in [0.29, 0.717) is 12.0 Å². The summed E-state index contributed by atoms with van der Waals surface area (Å²) in [5.74, 6) is -3.48. The van der Waals surface area contributed by atoms with E-state index in [1.807, 2.05) is 62.4 Å². The van der Waals surface area contributed by atoms with Gasteiger partial charge in [0.05, 0.1) is 29.2 Å². The summed E-state index contributed by atoms with van der Waals surface area (Å²) >= 11 is 5.14. The molecule has 3 saturated heterocycles. The SMILES string of the molecule is C=CCN(C(=O)C1N([C@H](CO)c2ccccc2)C(=O)[C@@H]2[C@@H](C(=O)O)[C@@H]3SC12CC3Br)c1c(C)cccc1C. The van der Waals surface area contributed by atoms with Crippen LogP contribution in [0.2, 0.25) is 0 Å². The maximum atomic E-state index is 14.8. The highest BCUT2D eigenvalue weighted by Crippen LogP contribution is 2.68. The normalized spacial score (nSPS) is 30.3. The molecule has 2 bridgehead atoms. The minimum Gasteiger partial charge on any atom is -0.481 e. The number of aryl methyl sites for hydroxylation is 2. The summed E-state index contributed by atoms with van der Waals surface area (Å²) < 4.78 is -0.936. The average molecular weight is 600 g/mol. The summed E-state index contributed by atoms with van der Waals surface area (Å²) in [5.41, 5.74) is 3.28. The zero-order chi connectivity index (χ0) is 27.4. The number of thioether (sulfide) groups is 1. The van der Waals surface area contributed by atoms with Gasteiger partial charge in [-0.3, -0.25) is 14.4 Å². The fourth-order valence-corrected chi connectivity index (χ4v) is 10.4. The van der Waals surface area contributed by atoms with E-state index in [0.717, 1.165) is 16.8 Å². The van der Waals surface area contributed by atoms with Gasteiger partial charge in [0, 0.05) is 22.3 Å². The number of halogens is 1. The van der Waals surface area contributed by atoms with Crippen molar-refractivity contribution in [3.05, 3.63) is 77.9 Å². The lowest BCUT2D eigenvalue weighted by Crippen LogP contribution is -2.56. The van der Waals surface area contributed by atoms with Crippen molar-refractivity contribution in [3.63, 3.8) is 0 Å². The van der Waals surface area contributed by atoms with Crippen LogP contribution in [0.1, 0.15) is 29.2 Å². The molecule has 2 N–H and O–H groups in total. The van der Waals surface area contributed by atoms with Crippen LogP contribution < -0.4 is 4.90 Å². The van der Waals surface area contributed by atoms with Crippen LogP contribution in [0.5, 0.6) is 0 Å². The number of aliphatic hydroxyl groups excluding tert-OH is 1. The molecule has 2 amide bonds. The number of nitrogens with zero attached hydrogens (tertiary/aromatic N) is 2. The van der Waals surface area contributed by atoms with Gasteiger partial charge in [-0.25, -0.2) is 0 Å². The van der Waals surface area contributed by atoms with Gasteiger partial charge in [-0.15, -0.1) is 18.3 Å². The minimum atomic E-state index is -1.03. The van der Waals surface area contributed by atoms with Crippen molar-refractivity contribution in [1.82, 2.24) is 4.90 Å². The van der Waals surface area contributed by atoms with E-state index in [-0.39, 0.29) is 28.4 Å². The highest BCUT2D eigenvalue weighted by molar-refractivity contribution is 9.09. The van der Waals surface area contributed by atoms with Crippen LogP contribution in [0.25, 0.3) is 0 Å². The molecular weight excluding hydrogens is 568 g/mol. The Bertz CT molecular complexity index is 1270. The van der Waals surface area contributed by atoms with Crippen molar-refractivity contribution in [3.8, 4) is 0 Å². The molecule has 2 aromatic carbocycles. The van der Waals surface area contributed by atoms with E-state index in [1.165, 1.54) is 16.7 Å². The predicted octanol–water partition coefficient (Wildman–Crippen LogP) is 4.11. The molecule has 5 rings (SSSR count). The molecule has 3 unspecified atom stereocenters. The maximum Gasteiger partial charge on any atom is 0.308 e. The van der Waals surface area contributed by atoms with Crippen LogP contribution in [0.3, 0.4) is 0 Å². The molecule has 3 heterocycles. The molecular formula is C29H31BrN2O5S. The number of fused-ring (bicyclic) bond motifs is 1. The summed E-state index contributed by atoms with van der Waals surface area (Å²) in [4.78, 5) is 44.6. The second kappa shape index (κ2) is 10.2. The number of aliphatic carboxylic acids is 1. The molecule has 0 aliphatic carbocycles. The van der Waals surface area contributed by atoms with Crippen LogP contribution in [0, 0.1) is 25.7 Å². The number of carboxylic acids is 1. The van der Waals surface area contributed by atoms with Gasteiger partial charge in [-0.2, -0.15) is 0 Å². The van der Waals surface area contributed by atoms with Gasteiger partial charge in [-0.1, -0.05) is 70.5 Å². The highest BCUT2D eigenvalue weighted by atomic mass is 79.9. The summed E-state index contributed by atoms with van der Waals surface area (Å²) in [6.45, 7) is 7.60. The van der Waals surface area contributed by atoms with Crippen molar-refractivity contribution >= 4 is 51.2 Å². The molecule has 200 valence electrons. The molecule has 0 saturated carbocycles. The van der Waals surface area contributed by atoms with E-state index >= 15 is 0 Å². The Kier molecular flexibility index (Phi) is 7.22. The molecule has 0 aromatic heterocycles. The number of aliphatic hydroxyl groups is 1. The van der Waals surface area contributed by atoms with Crippen LogP contribution in [-0.4, -0.2) is 66.9 Å². The molecule has 7 atom stereocenters. The number of hydrogen-bond donors (Lipinski definition) is 2. The van der Waals surface area contributed by atoms with Crippen molar-refractivity contribution in [1.29, 1.82) is 0 Å². The number of likely N-dealkylation sites (tertiary alicyclic amines) is 1. The summed E-state index contributed by atoms with van der Waals surface area (Å²) in [5, 5.41) is 20.5. The fraction of sp³-hybridized carbons (Fsp3) is 0.414. The summed E-state index contributed by atoms with van der Waals surface area (Å²) in [6, 6.07) is 13.2. The van der Waals surface area contributed by atoms with Crippen LogP contribution >= 0.6 is 27.7 Å². The molecule has 7 nitrogen and oxygen atoms in total. The van der Waals surface area contributed by atoms with E-state index in [2.05, 4.69) is 22.5 Å². The zero-order valence-electron chi connectivity index (χ0n) is 21.3. The smallest absolute Gasteiger partial charge is 0.308 e. The van der Waals surface area contributed by atoms with E-state index in [9.17, 15) is 24.6 Å². The van der Waals surface area contributed by atoms with Gasteiger partial charge in [0.25, 0.3) is 5.91 Å². The number of carbonyl (C=O) groups excluding carboxylic acids is 2. The first kappa shape index (κ1) is 27.0. The number of para-hydroxylation sites is 1. The van der Waals surface area contributed by atoms with Crippen molar-refractivity contribution in [2.45, 2.75) is 47.2 Å². The number of carbonyl (C=O) groups is 3. The number of hydrogen-bond acceptors (Lipinski definition) is 5. The van der Waals surface area contributed by atoms with Crippen LogP contribution in [0.15, 0.2) is 61.2 Å². The first-order valence-corrected chi connectivity index (χ1v) is 14.5. The predicted molar refractivity (Wildman–Crippen MR) is 151 cm³/mol. The Labute approximate surface area is 235 Å². The van der Waals surface area contributed by atoms with Crippen molar-refractivity contribution < 1.29 is 24.6 Å². The van der Waals surface area contributed by atoms with E-state index in [4.69, 9.17) is 0 Å². The molecule has 9 heteroatoms. The van der Waals surface area contributed by atoms with E-state index < -0.39 is 41.2 Å². The van der Waals surface area contributed by atoms with Crippen molar-refractivity contribution in [2.24, 2.45) is 11.8 Å². The maximum absolute atomic E-state index is 14.8. The first-order valence-electron chi connectivity index (χ1n) is 12.7. The van der Waals surface area contributed by atoms with Gasteiger partial charge in [-0.05, 0) is 37.0 Å². The van der Waals surface area contributed by atoms with Gasteiger partial charge < -0.3 is 20.0 Å². The van der Waals surface area contributed by atoms with Crippen LogP contribution in [-0.2, 0) is 14.4 Å². The molecule has 0 radical (unpaired) electrons. The largest absolute Gasteiger partial charge is 0.481 e. The third kappa shape index (κ3) is 3.93. The van der Waals surface area contributed by atoms with E-state index in [1.54, 1.807) is 11.0 Å². The third-order valence-electron chi connectivity index (χ3n) is 8.23. The molecule has 38 heavy (non-hydrogen) atoms. The van der Waals surface area contributed by atoms with Gasteiger partial charge in [0.1, 0.15) is 6.04 Å². The minimum absolute atomic E-state index is 0.148. The summed E-state index contributed by atoms with van der Waals surface area (Å²) in [7, 11) is 0. The standard InChI is InChI=1S/C29H31BrN2O5S/c1-4-13-31(23-16(2)9-8-10-17(23)3)27(35)25-29-14-19(30)24(38-29)21(28(36)37)22(29)26(34)32(25)20(15-33)18-11-6-5-7-12-18/h4-12,19-22,24-25,33H,1,13-15H2,2-3H3,(H,36,37)/t19?,20-,21-,22+,24-,25?,29?/m1/s1. The number of carboxylic acid groups (broad SMARTS) is 1. The zero-order valence-corrected chi connectivity index (χ0v) is 23.7. The Balaban J connectivity index is 1.70. The van der Waals surface area contributed by atoms with Gasteiger partial charge >= 0.3 is 5.97 Å². The topological polar surface area (TPSA) is 98.2 Å². The fourth-order valence-electron chi connectivity index (χ4n) is 6.79. The van der Waals surface area contributed by atoms with Crippen molar-refractivity contribution in [2.75, 3.05) is 18.1 Å². The third-order valence-corrected chi connectivity index (χ3v) is 11.4. The monoisotopic (exact) mass is 598 g/mol. The second-order valence-corrected chi connectivity index (χ2v) is 13.1. The Morgan fingerprint density at radius 2 is 1.87 bits per heavy atom. The number of amides is 2. The Morgan fingerprint density at radius 3 is 2.45 bits per heavy atom. The lowest BCUT2D eigenvalue weighted by atomic mass is 9.71. The summed E-state index contributed by atoms with van der Waals surface area (Å²) in [6.07, 6.45) is 2.14. The molecule has 2 aromatic rings. The lowest BCUT2D eigenvalue weighted by Gasteiger charge is -2.40. The number of anilines is 1. The molecule has 3 fully saturated rings. The van der Waals surface area contributed by atoms with Crippen LogP contribution in [0.4, 0.5) is 5.69 Å². The lowest BCUT2D eigenvalue weighted by molar-refractivity contribution is -0.149. The first-order chi connectivity index (χ1) is 18.2.